The van der Waals surface area contributed by atoms with Gasteiger partial charge in [-0.1, -0.05) is 5.92 Å². The van der Waals surface area contributed by atoms with Crippen LogP contribution in [0.3, 0.4) is 0 Å². The Balaban J connectivity index is 2.33. The third kappa shape index (κ3) is 0.850. The van der Waals surface area contributed by atoms with Crippen molar-refractivity contribution in [1.82, 2.24) is 5.32 Å². The van der Waals surface area contributed by atoms with E-state index in [1.165, 1.54) is 12.8 Å². The molecule has 1 N–H and O–H groups in total. The summed E-state index contributed by atoms with van der Waals surface area (Å²) in [6.45, 7) is 0.990. The van der Waals surface area contributed by atoms with E-state index in [9.17, 15) is 0 Å². The quantitative estimate of drug-likeness (QED) is 0.512. The van der Waals surface area contributed by atoms with Crippen LogP contribution in [0.1, 0.15) is 12.8 Å². The molecule has 8 heavy (non-hydrogen) atoms. The van der Waals surface area contributed by atoms with Crippen LogP contribution in [0.5, 0.6) is 0 Å². The average Bonchev–Trinajstić information content (AvgIpc) is 2.50. The van der Waals surface area contributed by atoms with Gasteiger partial charge in [-0.25, -0.2) is 0 Å². The molecule has 0 aliphatic heterocycles. The predicted molar refractivity (Wildman–Crippen MR) is 34.4 cm³/mol. The van der Waals surface area contributed by atoms with Crippen molar-refractivity contribution in [2.75, 3.05) is 13.6 Å². The number of rotatable bonds is 2. The normalized spacial score (nSPS) is 22.0. The Hall–Kier alpha value is -0.480. The van der Waals surface area contributed by atoms with E-state index >= 15 is 0 Å². The van der Waals surface area contributed by atoms with Gasteiger partial charge < -0.3 is 5.32 Å². The molecule has 1 aliphatic carbocycles. The lowest BCUT2D eigenvalue weighted by molar-refractivity contribution is 0.613. The Morgan fingerprint density at radius 3 is 2.50 bits per heavy atom. The van der Waals surface area contributed by atoms with Gasteiger partial charge >= 0.3 is 0 Å². The number of nitrogens with one attached hydrogen (secondary N) is 1. The summed E-state index contributed by atoms with van der Waals surface area (Å²) >= 11 is 0. The maximum Gasteiger partial charge on any atom is 0.0437 e. The molecule has 1 rings (SSSR count). The molecule has 0 aromatic rings. The zero-order chi connectivity index (χ0) is 6.04. The zero-order valence-corrected chi connectivity index (χ0v) is 5.20. The monoisotopic (exact) mass is 109 g/mol. The highest BCUT2D eigenvalue weighted by Crippen LogP contribution is 2.43. The Kier molecular flexibility index (Phi) is 1.27. The smallest absolute Gasteiger partial charge is 0.0437 e. The van der Waals surface area contributed by atoms with Crippen molar-refractivity contribution >= 4 is 0 Å². The van der Waals surface area contributed by atoms with Crippen molar-refractivity contribution in [2.24, 2.45) is 5.41 Å². The molecular weight excluding hydrogens is 98.1 g/mol. The van der Waals surface area contributed by atoms with Crippen molar-refractivity contribution in [3.63, 3.8) is 0 Å². The van der Waals surface area contributed by atoms with Gasteiger partial charge in [-0.2, -0.15) is 0 Å². The van der Waals surface area contributed by atoms with Gasteiger partial charge in [0.25, 0.3) is 0 Å². The molecule has 0 saturated heterocycles. The van der Waals surface area contributed by atoms with Gasteiger partial charge in [0.05, 0.1) is 0 Å². The summed E-state index contributed by atoms with van der Waals surface area (Å²) in [5.41, 5.74) is 0.259. The highest BCUT2D eigenvalue weighted by molar-refractivity contribution is 5.15. The first-order valence-electron chi connectivity index (χ1n) is 2.95. The van der Waals surface area contributed by atoms with Crippen LogP contribution in [0.25, 0.3) is 0 Å². The average molecular weight is 109 g/mol. The van der Waals surface area contributed by atoms with E-state index in [2.05, 4.69) is 11.2 Å². The van der Waals surface area contributed by atoms with Gasteiger partial charge in [0.15, 0.2) is 0 Å². The fourth-order valence-corrected chi connectivity index (χ4v) is 0.861. The summed E-state index contributed by atoms with van der Waals surface area (Å²) in [6.07, 6.45) is 7.69. The maximum atomic E-state index is 5.26. The number of hydrogen-bond donors (Lipinski definition) is 1. The van der Waals surface area contributed by atoms with E-state index in [1.54, 1.807) is 0 Å². The second-order valence-corrected chi connectivity index (χ2v) is 2.45. The van der Waals surface area contributed by atoms with Crippen LogP contribution in [-0.4, -0.2) is 13.6 Å². The molecule has 0 unspecified atom stereocenters. The molecule has 1 saturated carbocycles. The van der Waals surface area contributed by atoms with Crippen molar-refractivity contribution in [2.45, 2.75) is 12.8 Å². The SMILES string of the molecule is C#CC1(CNC)CC1. The number of hydrogen-bond acceptors (Lipinski definition) is 1. The third-order valence-electron chi connectivity index (χ3n) is 1.67. The van der Waals surface area contributed by atoms with Gasteiger partial charge in [0.1, 0.15) is 0 Å². The molecule has 0 aromatic heterocycles. The third-order valence-corrected chi connectivity index (χ3v) is 1.67. The second kappa shape index (κ2) is 1.80. The van der Waals surface area contributed by atoms with Crippen molar-refractivity contribution in [3.8, 4) is 12.3 Å². The molecule has 1 aliphatic rings. The van der Waals surface area contributed by atoms with Crippen LogP contribution >= 0.6 is 0 Å². The molecular formula is C7H11N. The zero-order valence-electron chi connectivity index (χ0n) is 5.20. The van der Waals surface area contributed by atoms with E-state index in [0.717, 1.165) is 6.54 Å². The van der Waals surface area contributed by atoms with Gasteiger partial charge in [0, 0.05) is 12.0 Å². The molecule has 1 heteroatoms. The maximum absolute atomic E-state index is 5.26. The first-order valence-corrected chi connectivity index (χ1v) is 2.95. The second-order valence-electron chi connectivity index (χ2n) is 2.45. The van der Waals surface area contributed by atoms with Gasteiger partial charge in [-0.3, -0.25) is 0 Å². The molecule has 0 atom stereocenters. The molecule has 0 aromatic carbocycles. The topological polar surface area (TPSA) is 12.0 Å². The standard InChI is InChI=1S/C7H11N/c1-3-7(4-5-7)6-8-2/h1,8H,4-6H2,2H3. The highest BCUT2D eigenvalue weighted by atomic mass is 14.8. The summed E-state index contributed by atoms with van der Waals surface area (Å²) in [4.78, 5) is 0. The van der Waals surface area contributed by atoms with Gasteiger partial charge in [0.2, 0.25) is 0 Å². The van der Waals surface area contributed by atoms with E-state index in [-0.39, 0.29) is 5.41 Å². The van der Waals surface area contributed by atoms with Crippen LogP contribution in [0.4, 0.5) is 0 Å². The minimum Gasteiger partial charge on any atom is -0.318 e. The Morgan fingerprint density at radius 2 is 2.38 bits per heavy atom. The molecule has 0 heterocycles. The number of terminal acetylenes is 1. The molecule has 0 bridgehead atoms. The summed E-state index contributed by atoms with van der Waals surface area (Å²) < 4.78 is 0. The van der Waals surface area contributed by atoms with Crippen molar-refractivity contribution in [3.05, 3.63) is 0 Å². The molecule has 44 valence electrons. The molecule has 1 fully saturated rings. The Labute approximate surface area is 50.5 Å². The Bertz CT molecular complexity index is 117. The largest absolute Gasteiger partial charge is 0.318 e. The van der Waals surface area contributed by atoms with Crippen LogP contribution in [0.15, 0.2) is 0 Å². The summed E-state index contributed by atoms with van der Waals surface area (Å²) in [5.74, 6) is 2.79. The van der Waals surface area contributed by atoms with E-state index < -0.39 is 0 Å². The first-order chi connectivity index (χ1) is 3.83. The molecule has 1 nitrogen and oxygen atoms in total. The van der Waals surface area contributed by atoms with Crippen LogP contribution in [0.2, 0.25) is 0 Å². The summed E-state index contributed by atoms with van der Waals surface area (Å²) in [6, 6.07) is 0. The summed E-state index contributed by atoms with van der Waals surface area (Å²) in [5, 5.41) is 3.08. The van der Waals surface area contributed by atoms with Crippen LogP contribution in [0, 0.1) is 17.8 Å². The first kappa shape index (κ1) is 5.65. The van der Waals surface area contributed by atoms with Crippen LogP contribution in [-0.2, 0) is 0 Å². The van der Waals surface area contributed by atoms with Gasteiger partial charge in [-0.15, -0.1) is 6.42 Å². The lowest BCUT2D eigenvalue weighted by atomic mass is 10.1. The van der Waals surface area contributed by atoms with Crippen molar-refractivity contribution < 1.29 is 0 Å². The van der Waals surface area contributed by atoms with Gasteiger partial charge in [-0.05, 0) is 19.9 Å². The van der Waals surface area contributed by atoms with E-state index in [1.807, 2.05) is 7.05 Å². The Morgan fingerprint density at radius 1 is 1.75 bits per heavy atom. The predicted octanol–water partition coefficient (Wildman–Crippen LogP) is 0.619. The minimum absolute atomic E-state index is 0.259. The fourth-order valence-electron chi connectivity index (χ4n) is 0.861. The molecule has 0 spiro atoms. The van der Waals surface area contributed by atoms with E-state index in [0.29, 0.717) is 0 Å². The fraction of sp³-hybridized carbons (Fsp3) is 0.714. The van der Waals surface area contributed by atoms with E-state index in [4.69, 9.17) is 6.42 Å². The minimum atomic E-state index is 0.259. The molecule has 0 amide bonds. The lowest BCUT2D eigenvalue weighted by Gasteiger charge is -2.02. The molecule has 0 radical (unpaired) electrons. The highest BCUT2D eigenvalue weighted by Gasteiger charge is 2.39. The van der Waals surface area contributed by atoms with Crippen molar-refractivity contribution in [1.29, 1.82) is 0 Å². The van der Waals surface area contributed by atoms with Crippen LogP contribution < -0.4 is 5.32 Å². The lowest BCUT2D eigenvalue weighted by Crippen LogP contribution is -2.17. The summed E-state index contributed by atoms with van der Waals surface area (Å²) in [7, 11) is 1.94.